The van der Waals surface area contributed by atoms with Gasteiger partial charge < -0.3 is 10.1 Å². The van der Waals surface area contributed by atoms with Crippen LogP contribution in [0.5, 0.6) is 0 Å². The SMILES string of the molecule is Cc1cc([N+](=O)[O-])ccc1NC(=O)[C@H]1CC(=O)OC12CCCCC2. The van der Waals surface area contributed by atoms with Crippen molar-refractivity contribution in [3.8, 4) is 0 Å². The lowest BCUT2D eigenvalue weighted by atomic mass is 9.75. The minimum atomic E-state index is -0.673. The highest BCUT2D eigenvalue weighted by Gasteiger charge is 2.52. The zero-order valence-electron chi connectivity index (χ0n) is 13.5. The molecule has 0 radical (unpaired) electrons. The molecule has 2 aliphatic rings. The molecule has 1 amide bonds. The molecule has 7 nitrogen and oxygen atoms in total. The fraction of sp³-hybridized carbons (Fsp3) is 0.529. The highest BCUT2D eigenvalue weighted by molar-refractivity contribution is 5.97. The Labute approximate surface area is 139 Å². The number of nitro benzene ring substituents is 1. The molecule has 1 heterocycles. The van der Waals surface area contributed by atoms with Gasteiger partial charge in [0.2, 0.25) is 5.91 Å². The van der Waals surface area contributed by atoms with Gasteiger partial charge in [-0.05, 0) is 44.2 Å². The van der Waals surface area contributed by atoms with Gasteiger partial charge in [0.05, 0.1) is 17.3 Å². The van der Waals surface area contributed by atoms with Crippen molar-refractivity contribution in [2.75, 3.05) is 5.32 Å². The number of carbonyl (C=O) groups excluding carboxylic acids is 2. The molecule has 1 N–H and O–H groups in total. The van der Waals surface area contributed by atoms with Crippen molar-refractivity contribution >= 4 is 23.3 Å². The zero-order valence-corrected chi connectivity index (χ0v) is 13.5. The van der Waals surface area contributed by atoms with E-state index in [0.717, 1.165) is 32.1 Å². The number of carbonyl (C=O) groups is 2. The molecule has 1 aromatic rings. The Morgan fingerprint density at radius 1 is 1.33 bits per heavy atom. The van der Waals surface area contributed by atoms with Crippen LogP contribution in [-0.2, 0) is 14.3 Å². The van der Waals surface area contributed by atoms with E-state index in [1.165, 1.54) is 18.2 Å². The van der Waals surface area contributed by atoms with E-state index >= 15 is 0 Å². The first kappa shape index (κ1) is 16.4. The van der Waals surface area contributed by atoms with Gasteiger partial charge in [-0.15, -0.1) is 0 Å². The second kappa shape index (κ2) is 6.22. The topological polar surface area (TPSA) is 98.5 Å². The Bertz CT molecular complexity index is 694. The van der Waals surface area contributed by atoms with E-state index in [1.807, 2.05) is 0 Å². The molecule has 0 aromatic heterocycles. The van der Waals surface area contributed by atoms with Gasteiger partial charge >= 0.3 is 5.97 Å². The molecular weight excluding hydrogens is 312 g/mol. The van der Waals surface area contributed by atoms with Gasteiger partial charge in [-0.2, -0.15) is 0 Å². The number of hydrogen-bond donors (Lipinski definition) is 1. The summed E-state index contributed by atoms with van der Waals surface area (Å²) >= 11 is 0. The van der Waals surface area contributed by atoms with Crippen molar-refractivity contribution < 1.29 is 19.2 Å². The van der Waals surface area contributed by atoms with E-state index < -0.39 is 16.4 Å². The van der Waals surface area contributed by atoms with Crippen LogP contribution in [0.4, 0.5) is 11.4 Å². The number of aryl methyl sites for hydroxylation is 1. The lowest BCUT2D eigenvalue weighted by Crippen LogP contribution is -2.43. The molecule has 1 aliphatic heterocycles. The van der Waals surface area contributed by atoms with Gasteiger partial charge in [-0.1, -0.05) is 6.42 Å². The number of ether oxygens (including phenoxy) is 1. The average Bonchev–Trinajstić information content (AvgIpc) is 2.85. The van der Waals surface area contributed by atoms with E-state index in [0.29, 0.717) is 11.3 Å². The maximum atomic E-state index is 12.7. The number of amides is 1. The van der Waals surface area contributed by atoms with E-state index in [-0.39, 0.29) is 24.0 Å². The molecule has 1 aromatic carbocycles. The van der Waals surface area contributed by atoms with Gasteiger partial charge in [0.25, 0.3) is 5.69 Å². The largest absolute Gasteiger partial charge is 0.458 e. The van der Waals surface area contributed by atoms with Crippen LogP contribution in [0.25, 0.3) is 0 Å². The van der Waals surface area contributed by atoms with Gasteiger partial charge in [-0.25, -0.2) is 0 Å². The minimum absolute atomic E-state index is 0.0198. The summed E-state index contributed by atoms with van der Waals surface area (Å²) in [7, 11) is 0. The van der Waals surface area contributed by atoms with Crippen LogP contribution in [0.1, 0.15) is 44.1 Å². The molecule has 24 heavy (non-hydrogen) atoms. The Morgan fingerprint density at radius 2 is 2.04 bits per heavy atom. The summed E-state index contributed by atoms with van der Waals surface area (Å²) in [6, 6.07) is 4.30. The lowest BCUT2D eigenvalue weighted by Gasteiger charge is -2.36. The summed E-state index contributed by atoms with van der Waals surface area (Å²) in [5.74, 6) is -1.07. The predicted octanol–water partition coefficient (Wildman–Crippen LogP) is 3.11. The molecule has 1 aliphatic carbocycles. The first-order valence-corrected chi connectivity index (χ1v) is 8.19. The predicted molar refractivity (Wildman–Crippen MR) is 86.5 cm³/mol. The van der Waals surface area contributed by atoms with Crippen LogP contribution in [0, 0.1) is 23.0 Å². The Hall–Kier alpha value is -2.44. The van der Waals surface area contributed by atoms with E-state index in [9.17, 15) is 19.7 Å². The number of non-ortho nitro benzene ring substituents is 1. The van der Waals surface area contributed by atoms with Crippen molar-refractivity contribution in [3.05, 3.63) is 33.9 Å². The fourth-order valence-electron chi connectivity index (χ4n) is 3.75. The number of hydrogen-bond acceptors (Lipinski definition) is 5. The van der Waals surface area contributed by atoms with Crippen molar-refractivity contribution in [1.29, 1.82) is 0 Å². The maximum absolute atomic E-state index is 12.7. The zero-order chi connectivity index (χ0) is 17.3. The summed E-state index contributed by atoms with van der Waals surface area (Å²) < 4.78 is 5.55. The highest BCUT2D eigenvalue weighted by Crippen LogP contribution is 2.44. The van der Waals surface area contributed by atoms with Gasteiger partial charge in [-0.3, -0.25) is 19.7 Å². The number of nitro groups is 1. The molecular formula is C17H20N2O5. The van der Waals surface area contributed by atoms with Crippen molar-refractivity contribution in [2.24, 2.45) is 5.92 Å². The molecule has 128 valence electrons. The number of benzene rings is 1. The summed E-state index contributed by atoms with van der Waals surface area (Å²) in [6.07, 6.45) is 4.53. The normalized spacial score (nSPS) is 22.2. The number of nitrogens with zero attached hydrogens (tertiary/aromatic N) is 1. The summed E-state index contributed by atoms with van der Waals surface area (Å²) in [6.45, 7) is 1.70. The molecule has 1 atom stereocenters. The summed E-state index contributed by atoms with van der Waals surface area (Å²) in [5, 5.41) is 13.6. The number of esters is 1. The van der Waals surface area contributed by atoms with Gasteiger partial charge in [0.1, 0.15) is 5.60 Å². The first-order valence-electron chi connectivity index (χ1n) is 8.19. The van der Waals surface area contributed by atoms with Crippen molar-refractivity contribution in [2.45, 2.75) is 51.0 Å². The molecule has 1 saturated heterocycles. The molecule has 3 rings (SSSR count). The van der Waals surface area contributed by atoms with Crippen LogP contribution in [-0.4, -0.2) is 22.4 Å². The Kier molecular flexibility index (Phi) is 4.26. The number of rotatable bonds is 3. The Balaban J connectivity index is 1.79. The maximum Gasteiger partial charge on any atom is 0.307 e. The third kappa shape index (κ3) is 2.98. The van der Waals surface area contributed by atoms with Crippen LogP contribution in [0.2, 0.25) is 0 Å². The van der Waals surface area contributed by atoms with Crippen LogP contribution < -0.4 is 5.32 Å². The highest BCUT2D eigenvalue weighted by atomic mass is 16.6. The van der Waals surface area contributed by atoms with E-state index in [1.54, 1.807) is 6.92 Å². The molecule has 0 bridgehead atoms. The third-order valence-corrected chi connectivity index (χ3v) is 5.02. The summed E-state index contributed by atoms with van der Waals surface area (Å²) in [4.78, 5) is 34.8. The molecule has 1 saturated carbocycles. The standard InChI is InChI=1S/C17H20N2O5/c1-11-9-12(19(22)23)5-6-14(11)18-16(21)13-10-15(20)24-17(13)7-3-2-4-8-17/h5-6,9,13H,2-4,7-8,10H2,1H3,(H,18,21)/t13-/m1/s1. The van der Waals surface area contributed by atoms with E-state index in [2.05, 4.69) is 5.32 Å². The average molecular weight is 332 g/mol. The lowest BCUT2D eigenvalue weighted by molar-refractivity contribution is -0.384. The molecule has 0 unspecified atom stereocenters. The second-order valence-corrected chi connectivity index (χ2v) is 6.60. The molecule has 1 spiro atoms. The monoisotopic (exact) mass is 332 g/mol. The molecule has 2 fully saturated rings. The van der Waals surface area contributed by atoms with Crippen LogP contribution >= 0.6 is 0 Å². The quantitative estimate of drug-likeness (QED) is 0.521. The number of nitrogens with one attached hydrogen (secondary N) is 1. The minimum Gasteiger partial charge on any atom is -0.458 e. The van der Waals surface area contributed by atoms with Crippen molar-refractivity contribution in [3.63, 3.8) is 0 Å². The summed E-state index contributed by atoms with van der Waals surface area (Å²) in [5.41, 5.74) is 0.443. The van der Waals surface area contributed by atoms with Gasteiger partial charge in [0.15, 0.2) is 0 Å². The van der Waals surface area contributed by atoms with E-state index in [4.69, 9.17) is 4.74 Å². The smallest absolute Gasteiger partial charge is 0.307 e. The van der Waals surface area contributed by atoms with Crippen LogP contribution in [0.3, 0.4) is 0 Å². The number of anilines is 1. The fourth-order valence-corrected chi connectivity index (χ4v) is 3.75. The Morgan fingerprint density at radius 3 is 2.67 bits per heavy atom. The third-order valence-electron chi connectivity index (χ3n) is 5.02. The first-order chi connectivity index (χ1) is 11.4. The molecule has 7 heteroatoms. The van der Waals surface area contributed by atoms with Crippen molar-refractivity contribution in [1.82, 2.24) is 0 Å². The van der Waals surface area contributed by atoms with Gasteiger partial charge in [0, 0.05) is 17.8 Å². The van der Waals surface area contributed by atoms with Crippen LogP contribution in [0.15, 0.2) is 18.2 Å². The second-order valence-electron chi connectivity index (χ2n) is 6.60.